The first-order valence-electron chi connectivity index (χ1n) is 6.61. The number of nitrogens with zero attached hydrogens (tertiary/aromatic N) is 2. The van der Waals surface area contributed by atoms with Crippen LogP contribution in [0.2, 0.25) is 0 Å². The van der Waals surface area contributed by atoms with E-state index in [2.05, 4.69) is 4.98 Å². The Morgan fingerprint density at radius 1 is 1.62 bits per heavy atom. The van der Waals surface area contributed by atoms with Crippen LogP contribution in [0.5, 0.6) is 0 Å². The fourth-order valence-electron chi connectivity index (χ4n) is 2.63. The summed E-state index contributed by atoms with van der Waals surface area (Å²) in [4.78, 5) is 17.6. The van der Waals surface area contributed by atoms with Crippen molar-refractivity contribution >= 4 is 17.1 Å². The summed E-state index contributed by atoms with van der Waals surface area (Å²) in [5.41, 5.74) is 0.917. The van der Waals surface area contributed by atoms with Crippen molar-refractivity contribution < 1.29 is 23.4 Å². The van der Waals surface area contributed by atoms with Crippen molar-refractivity contribution in [2.45, 2.75) is 25.1 Å². The number of aromatic nitrogens is 1. The number of hydrogen-bond donors (Lipinski definition) is 1. The SMILES string of the molecule is COC(=O)[C@@H]1C[C@H](O)CN1Cc1nc2cc(F)ccc2o1. The molecule has 112 valence electrons. The number of hydrogen-bond acceptors (Lipinski definition) is 6. The van der Waals surface area contributed by atoms with Crippen molar-refractivity contribution in [2.24, 2.45) is 0 Å². The van der Waals surface area contributed by atoms with E-state index in [-0.39, 0.29) is 12.4 Å². The molecule has 2 aromatic rings. The van der Waals surface area contributed by atoms with Gasteiger partial charge in [0, 0.05) is 19.0 Å². The largest absolute Gasteiger partial charge is 0.468 e. The van der Waals surface area contributed by atoms with Gasteiger partial charge in [0.1, 0.15) is 17.4 Å². The molecule has 21 heavy (non-hydrogen) atoms. The van der Waals surface area contributed by atoms with Crippen LogP contribution in [-0.2, 0) is 16.1 Å². The minimum Gasteiger partial charge on any atom is -0.468 e. The second kappa shape index (κ2) is 5.42. The van der Waals surface area contributed by atoms with Crippen molar-refractivity contribution in [2.75, 3.05) is 13.7 Å². The van der Waals surface area contributed by atoms with E-state index in [0.717, 1.165) is 0 Å². The van der Waals surface area contributed by atoms with E-state index in [9.17, 15) is 14.3 Å². The van der Waals surface area contributed by atoms with Gasteiger partial charge in [-0.2, -0.15) is 0 Å². The second-order valence-corrected chi connectivity index (χ2v) is 5.08. The van der Waals surface area contributed by atoms with Crippen molar-refractivity contribution in [1.29, 1.82) is 0 Å². The molecule has 0 amide bonds. The Morgan fingerprint density at radius 2 is 2.43 bits per heavy atom. The highest BCUT2D eigenvalue weighted by Gasteiger charge is 2.37. The summed E-state index contributed by atoms with van der Waals surface area (Å²) in [7, 11) is 1.31. The smallest absolute Gasteiger partial charge is 0.323 e. The first kappa shape index (κ1) is 14.0. The third kappa shape index (κ3) is 2.74. The number of oxazole rings is 1. The molecule has 1 saturated heterocycles. The Morgan fingerprint density at radius 3 is 3.19 bits per heavy atom. The molecule has 1 aliphatic rings. The molecule has 0 saturated carbocycles. The molecule has 0 aliphatic carbocycles. The van der Waals surface area contributed by atoms with Crippen LogP contribution in [0.25, 0.3) is 11.1 Å². The first-order chi connectivity index (χ1) is 10.1. The number of aliphatic hydroxyl groups excluding tert-OH is 1. The lowest BCUT2D eigenvalue weighted by atomic mass is 10.2. The predicted octanol–water partition coefficient (Wildman–Crippen LogP) is 1.08. The third-order valence-electron chi connectivity index (χ3n) is 3.59. The first-order valence-corrected chi connectivity index (χ1v) is 6.61. The highest BCUT2D eigenvalue weighted by Crippen LogP contribution is 2.23. The maximum Gasteiger partial charge on any atom is 0.323 e. The van der Waals surface area contributed by atoms with E-state index in [1.807, 2.05) is 0 Å². The van der Waals surface area contributed by atoms with E-state index in [4.69, 9.17) is 9.15 Å². The van der Waals surface area contributed by atoms with E-state index in [1.165, 1.54) is 25.3 Å². The summed E-state index contributed by atoms with van der Waals surface area (Å²) in [6.07, 6.45) is -0.266. The molecule has 2 heterocycles. The van der Waals surface area contributed by atoms with E-state index < -0.39 is 18.1 Å². The van der Waals surface area contributed by atoms with E-state index in [0.29, 0.717) is 30.0 Å². The summed E-state index contributed by atoms with van der Waals surface area (Å²) in [6, 6.07) is 3.59. The van der Waals surface area contributed by atoms with Crippen molar-refractivity contribution in [3.8, 4) is 0 Å². The number of aliphatic hydroxyl groups is 1. The molecule has 2 atom stereocenters. The minimum absolute atomic E-state index is 0.257. The highest BCUT2D eigenvalue weighted by molar-refractivity contribution is 5.76. The molecule has 0 spiro atoms. The van der Waals surface area contributed by atoms with Crippen LogP contribution in [0.1, 0.15) is 12.3 Å². The highest BCUT2D eigenvalue weighted by atomic mass is 19.1. The number of β-amino-alcohol motifs (C(OH)–C–C–N with tert-alkyl or cyclic N) is 1. The fourth-order valence-corrected chi connectivity index (χ4v) is 2.63. The third-order valence-corrected chi connectivity index (χ3v) is 3.59. The molecular weight excluding hydrogens is 279 g/mol. The van der Waals surface area contributed by atoms with Gasteiger partial charge in [0.2, 0.25) is 5.89 Å². The normalized spacial score (nSPS) is 22.8. The summed E-state index contributed by atoms with van der Waals surface area (Å²) < 4.78 is 23.4. The number of esters is 1. The zero-order valence-electron chi connectivity index (χ0n) is 11.5. The second-order valence-electron chi connectivity index (χ2n) is 5.08. The number of rotatable bonds is 3. The van der Waals surface area contributed by atoms with Crippen molar-refractivity contribution in [3.63, 3.8) is 0 Å². The van der Waals surface area contributed by atoms with Crippen molar-refractivity contribution in [3.05, 3.63) is 29.9 Å². The molecule has 1 fully saturated rings. The topological polar surface area (TPSA) is 75.8 Å². The molecule has 6 nitrogen and oxygen atoms in total. The van der Waals surface area contributed by atoms with Crippen molar-refractivity contribution in [1.82, 2.24) is 9.88 Å². The van der Waals surface area contributed by atoms with Crippen LogP contribution in [0, 0.1) is 5.82 Å². The molecule has 0 radical (unpaired) electrons. The quantitative estimate of drug-likeness (QED) is 0.854. The van der Waals surface area contributed by atoms with Gasteiger partial charge in [-0.25, -0.2) is 9.37 Å². The molecular formula is C14H15FN2O4. The lowest BCUT2D eigenvalue weighted by Crippen LogP contribution is -2.36. The van der Waals surface area contributed by atoms with Gasteiger partial charge < -0.3 is 14.3 Å². The Kier molecular flexibility index (Phi) is 3.60. The number of carbonyl (C=O) groups excluding carboxylic acids is 1. The number of halogens is 1. The van der Waals surface area contributed by atoms with Crippen LogP contribution in [0.4, 0.5) is 4.39 Å². The molecule has 1 aromatic carbocycles. The Hall–Kier alpha value is -1.99. The fraction of sp³-hybridized carbons (Fsp3) is 0.429. The van der Waals surface area contributed by atoms with E-state index in [1.54, 1.807) is 4.90 Å². The molecule has 1 aromatic heterocycles. The van der Waals surface area contributed by atoms with Gasteiger partial charge in [-0.15, -0.1) is 0 Å². The zero-order chi connectivity index (χ0) is 15.0. The predicted molar refractivity (Wildman–Crippen MR) is 70.8 cm³/mol. The van der Waals surface area contributed by atoms with Crippen LogP contribution in [0.15, 0.2) is 22.6 Å². The maximum atomic E-state index is 13.1. The molecule has 0 unspecified atom stereocenters. The maximum absolute atomic E-state index is 13.1. The average molecular weight is 294 g/mol. The molecule has 1 N–H and O–H groups in total. The standard InChI is InChI=1S/C14H15FN2O4/c1-20-14(19)11-5-9(18)6-17(11)7-13-16-10-4-8(15)2-3-12(10)21-13/h2-4,9,11,18H,5-7H2,1H3/t9-,11-/m0/s1. The van der Waals surface area contributed by atoms with Crippen LogP contribution < -0.4 is 0 Å². The van der Waals surface area contributed by atoms with Crippen LogP contribution >= 0.6 is 0 Å². The van der Waals surface area contributed by atoms with Gasteiger partial charge in [-0.1, -0.05) is 0 Å². The van der Waals surface area contributed by atoms with Crippen LogP contribution in [-0.4, -0.2) is 46.8 Å². The summed E-state index contributed by atoms with van der Waals surface area (Å²) in [6.45, 7) is 0.597. The summed E-state index contributed by atoms with van der Waals surface area (Å²) in [5.74, 6) is -0.404. The Labute approximate surface area is 120 Å². The zero-order valence-corrected chi connectivity index (χ0v) is 11.5. The summed E-state index contributed by atoms with van der Waals surface area (Å²) >= 11 is 0. The number of carbonyl (C=O) groups is 1. The molecule has 7 heteroatoms. The monoisotopic (exact) mass is 294 g/mol. The Balaban J connectivity index is 1.81. The molecule has 0 bridgehead atoms. The van der Waals surface area contributed by atoms with E-state index >= 15 is 0 Å². The van der Waals surface area contributed by atoms with Crippen LogP contribution in [0.3, 0.4) is 0 Å². The Bertz CT molecular complexity index is 672. The average Bonchev–Trinajstić information content (AvgIpc) is 3.00. The number of methoxy groups -OCH3 is 1. The van der Waals surface area contributed by atoms with Gasteiger partial charge in [-0.05, 0) is 12.1 Å². The number of fused-ring (bicyclic) bond motifs is 1. The molecule has 3 rings (SSSR count). The lowest BCUT2D eigenvalue weighted by molar-refractivity contribution is -0.146. The van der Waals surface area contributed by atoms with Gasteiger partial charge in [0.25, 0.3) is 0 Å². The van der Waals surface area contributed by atoms with Gasteiger partial charge in [-0.3, -0.25) is 9.69 Å². The number of likely N-dealkylation sites (tertiary alicyclic amines) is 1. The number of benzene rings is 1. The minimum atomic E-state index is -0.587. The summed E-state index contributed by atoms with van der Waals surface area (Å²) in [5, 5.41) is 9.72. The van der Waals surface area contributed by atoms with Gasteiger partial charge in [0.15, 0.2) is 5.58 Å². The lowest BCUT2D eigenvalue weighted by Gasteiger charge is -2.19. The number of ether oxygens (including phenoxy) is 1. The molecule has 1 aliphatic heterocycles. The van der Waals surface area contributed by atoms with Gasteiger partial charge >= 0.3 is 5.97 Å². The van der Waals surface area contributed by atoms with Gasteiger partial charge in [0.05, 0.1) is 19.8 Å².